The van der Waals surface area contributed by atoms with Crippen LogP contribution in [0.5, 0.6) is 5.75 Å². The molecule has 0 aliphatic heterocycles. The molecule has 9 heteroatoms. The topological polar surface area (TPSA) is 107 Å². The summed E-state index contributed by atoms with van der Waals surface area (Å²) in [6, 6.07) is 10.1. The van der Waals surface area contributed by atoms with Crippen molar-refractivity contribution in [2.24, 2.45) is 0 Å². The Morgan fingerprint density at radius 2 is 1.93 bits per heavy atom. The van der Waals surface area contributed by atoms with Crippen molar-refractivity contribution in [2.45, 2.75) is 12.8 Å². The van der Waals surface area contributed by atoms with Crippen LogP contribution in [0.15, 0.2) is 46.9 Å². The molecule has 28 heavy (non-hydrogen) atoms. The molecule has 0 radical (unpaired) electrons. The standard InChI is InChI=1S/C19H19ClN2O6/c1-26-19(25)11-9-14-7-6-13(28-14)8-10-17(23)21-22-18(24)12-27-16-5-3-2-4-15(16)20/h2-8,10H,9,11-12H2,1H3,(H,21,23)(H,22,24)/b10-8+. The SMILES string of the molecule is COC(=O)CCc1ccc(/C=C/C(=O)NNC(=O)COc2ccccc2Cl)o1. The summed E-state index contributed by atoms with van der Waals surface area (Å²) in [6.45, 7) is -0.310. The molecular formula is C19H19ClN2O6. The van der Waals surface area contributed by atoms with E-state index in [2.05, 4.69) is 15.6 Å². The Balaban J connectivity index is 1.71. The van der Waals surface area contributed by atoms with Gasteiger partial charge in [0, 0.05) is 12.5 Å². The van der Waals surface area contributed by atoms with Gasteiger partial charge in [-0.05, 0) is 30.3 Å². The first-order valence-corrected chi connectivity index (χ1v) is 8.65. The fourth-order valence-corrected chi connectivity index (χ4v) is 2.21. The summed E-state index contributed by atoms with van der Waals surface area (Å²) < 4.78 is 15.3. The number of hydrogen-bond acceptors (Lipinski definition) is 6. The Hall–Kier alpha value is -3.26. The third-order valence-electron chi connectivity index (χ3n) is 3.41. The smallest absolute Gasteiger partial charge is 0.305 e. The average Bonchev–Trinajstić information content (AvgIpc) is 3.16. The zero-order valence-corrected chi connectivity index (χ0v) is 15.8. The summed E-state index contributed by atoms with van der Waals surface area (Å²) in [6.07, 6.45) is 3.23. The minimum Gasteiger partial charge on any atom is -0.482 e. The van der Waals surface area contributed by atoms with Crippen molar-refractivity contribution < 1.29 is 28.3 Å². The van der Waals surface area contributed by atoms with Crippen molar-refractivity contribution in [3.05, 3.63) is 59.0 Å². The predicted octanol–water partition coefficient (Wildman–Crippen LogP) is 2.28. The van der Waals surface area contributed by atoms with Crippen LogP contribution < -0.4 is 15.6 Å². The molecule has 1 heterocycles. The molecule has 0 bridgehead atoms. The monoisotopic (exact) mass is 406 g/mol. The van der Waals surface area contributed by atoms with Crippen molar-refractivity contribution in [1.82, 2.24) is 10.9 Å². The maximum Gasteiger partial charge on any atom is 0.305 e. The summed E-state index contributed by atoms with van der Waals surface area (Å²) in [5.41, 5.74) is 4.43. The van der Waals surface area contributed by atoms with Gasteiger partial charge in [0.2, 0.25) is 0 Å². The molecular weight excluding hydrogens is 388 g/mol. The first kappa shape index (κ1) is 21.0. The number of para-hydroxylation sites is 1. The first-order valence-electron chi connectivity index (χ1n) is 8.27. The molecule has 0 unspecified atom stereocenters. The average molecular weight is 407 g/mol. The molecule has 2 rings (SSSR count). The third-order valence-corrected chi connectivity index (χ3v) is 3.72. The predicted molar refractivity (Wildman–Crippen MR) is 101 cm³/mol. The summed E-state index contributed by atoms with van der Waals surface area (Å²) in [4.78, 5) is 34.5. The number of benzene rings is 1. The van der Waals surface area contributed by atoms with E-state index in [0.29, 0.717) is 28.7 Å². The molecule has 2 amide bonds. The van der Waals surface area contributed by atoms with Crippen molar-refractivity contribution in [1.29, 1.82) is 0 Å². The number of hydrazine groups is 1. The molecule has 0 aliphatic rings. The molecule has 148 valence electrons. The fourth-order valence-electron chi connectivity index (χ4n) is 2.02. The van der Waals surface area contributed by atoms with Crippen molar-refractivity contribution >= 4 is 35.5 Å². The number of methoxy groups -OCH3 is 1. The molecule has 1 aromatic heterocycles. The Labute approximate surface area is 166 Å². The number of hydrogen-bond donors (Lipinski definition) is 2. The number of esters is 1. The van der Waals surface area contributed by atoms with E-state index in [1.807, 2.05) is 0 Å². The van der Waals surface area contributed by atoms with Gasteiger partial charge in [0.15, 0.2) is 6.61 Å². The minimum absolute atomic E-state index is 0.204. The van der Waals surface area contributed by atoms with E-state index in [4.69, 9.17) is 20.8 Å². The molecule has 8 nitrogen and oxygen atoms in total. The van der Waals surface area contributed by atoms with E-state index in [0.717, 1.165) is 0 Å². The van der Waals surface area contributed by atoms with Crippen LogP contribution in [0.1, 0.15) is 17.9 Å². The number of carbonyl (C=O) groups excluding carboxylic acids is 3. The van der Waals surface area contributed by atoms with E-state index in [1.165, 1.54) is 19.3 Å². The highest BCUT2D eigenvalue weighted by Crippen LogP contribution is 2.22. The number of carbonyl (C=O) groups is 3. The van der Waals surface area contributed by atoms with Gasteiger partial charge in [0.1, 0.15) is 17.3 Å². The van der Waals surface area contributed by atoms with Crippen LogP contribution in [0, 0.1) is 0 Å². The highest BCUT2D eigenvalue weighted by Gasteiger charge is 2.07. The van der Waals surface area contributed by atoms with Gasteiger partial charge in [-0.1, -0.05) is 23.7 Å². The number of amides is 2. The van der Waals surface area contributed by atoms with Crippen LogP contribution in [0.2, 0.25) is 5.02 Å². The van der Waals surface area contributed by atoms with Gasteiger partial charge < -0.3 is 13.9 Å². The van der Waals surface area contributed by atoms with Gasteiger partial charge in [0.25, 0.3) is 11.8 Å². The lowest BCUT2D eigenvalue weighted by Crippen LogP contribution is -2.43. The Kier molecular flexibility index (Phi) is 8.11. The largest absolute Gasteiger partial charge is 0.482 e. The second kappa shape index (κ2) is 10.8. The maximum absolute atomic E-state index is 11.7. The molecule has 0 aliphatic carbocycles. The lowest BCUT2D eigenvalue weighted by molar-refractivity contribution is -0.140. The van der Waals surface area contributed by atoms with Crippen molar-refractivity contribution in [3.63, 3.8) is 0 Å². The van der Waals surface area contributed by atoms with Gasteiger partial charge in [-0.2, -0.15) is 0 Å². The van der Waals surface area contributed by atoms with Gasteiger partial charge >= 0.3 is 5.97 Å². The molecule has 0 atom stereocenters. The fraction of sp³-hybridized carbons (Fsp3) is 0.211. The number of ether oxygens (including phenoxy) is 2. The van der Waals surface area contributed by atoms with Crippen LogP contribution in [0.25, 0.3) is 6.08 Å². The summed E-state index contributed by atoms with van der Waals surface area (Å²) in [7, 11) is 1.32. The highest BCUT2D eigenvalue weighted by atomic mass is 35.5. The number of furan rings is 1. The van der Waals surface area contributed by atoms with E-state index < -0.39 is 11.8 Å². The van der Waals surface area contributed by atoms with Gasteiger partial charge in [-0.15, -0.1) is 0 Å². The van der Waals surface area contributed by atoms with E-state index in [9.17, 15) is 14.4 Å². The third kappa shape index (κ3) is 7.16. The summed E-state index contributed by atoms with van der Waals surface area (Å²) in [5, 5.41) is 0.381. The maximum atomic E-state index is 11.7. The number of halogens is 1. The Morgan fingerprint density at radius 3 is 2.68 bits per heavy atom. The molecule has 0 spiro atoms. The van der Waals surface area contributed by atoms with E-state index in [1.54, 1.807) is 36.4 Å². The van der Waals surface area contributed by atoms with E-state index >= 15 is 0 Å². The van der Waals surface area contributed by atoms with E-state index in [-0.39, 0.29) is 19.0 Å². The highest BCUT2D eigenvalue weighted by molar-refractivity contribution is 6.32. The Morgan fingerprint density at radius 1 is 1.14 bits per heavy atom. The molecule has 0 fully saturated rings. The first-order chi connectivity index (χ1) is 13.5. The molecule has 0 saturated carbocycles. The molecule has 2 aromatic rings. The number of rotatable bonds is 8. The normalized spacial score (nSPS) is 10.5. The zero-order chi connectivity index (χ0) is 20.4. The molecule has 2 N–H and O–H groups in total. The van der Waals surface area contributed by atoms with Gasteiger partial charge in [0.05, 0.1) is 18.6 Å². The van der Waals surface area contributed by atoms with Crippen molar-refractivity contribution in [2.75, 3.05) is 13.7 Å². The van der Waals surface area contributed by atoms with Crippen LogP contribution in [0.3, 0.4) is 0 Å². The number of aryl methyl sites for hydroxylation is 1. The second-order valence-electron chi connectivity index (χ2n) is 5.47. The second-order valence-corrected chi connectivity index (χ2v) is 5.88. The van der Waals surface area contributed by atoms with Crippen molar-refractivity contribution in [3.8, 4) is 5.75 Å². The van der Waals surface area contributed by atoms with Gasteiger partial charge in [-0.3, -0.25) is 25.2 Å². The van der Waals surface area contributed by atoms with Crippen LogP contribution in [-0.4, -0.2) is 31.5 Å². The number of nitrogens with one attached hydrogen (secondary N) is 2. The lowest BCUT2D eigenvalue weighted by Gasteiger charge is -2.08. The molecule has 0 saturated heterocycles. The lowest BCUT2D eigenvalue weighted by atomic mass is 10.2. The summed E-state index contributed by atoms with van der Waals surface area (Å²) in [5.74, 6) is -0.0456. The minimum atomic E-state index is -0.557. The summed E-state index contributed by atoms with van der Waals surface area (Å²) >= 11 is 5.91. The Bertz CT molecular complexity index is 862. The van der Waals surface area contributed by atoms with Crippen LogP contribution in [0.4, 0.5) is 0 Å². The van der Waals surface area contributed by atoms with Gasteiger partial charge in [-0.25, -0.2) is 0 Å². The quantitative estimate of drug-likeness (QED) is 0.395. The van der Waals surface area contributed by atoms with Crippen LogP contribution in [-0.2, 0) is 25.5 Å². The molecule has 1 aromatic carbocycles. The van der Waals surface area contributed by atoms with Crippen LogP contribution >= 0.6 is 11.6 Å². The zero-order valence-electron chi connectivity index (χ0n) is 15.1.